The SMILES string of the molecule is Nc1c2c(-c3ccco3)nc(N3CCCC3)nc2nn1-c1cccc(F)c1. The summed E-state index contributed by atoms with van der Waals surface area (Å²) in [6.07, 6.45) is 3.81. The van der Waals surface area contributed by atoms with Crippen LogP contribution in [0.4, 0.5) is 16.2 Å². The van der Waals surface area contributed by atoms with Gasteiger partial charge in [-0.3, -0.25) is 0 Å². The van der Waals surface area contributed by atoms with Gasteiger partial charge < -0.3 is 15.1 Å². The van der Waals surface area contributed by atoms with Gasteiger partial charge in [0.05, 0.1) is 17.3 Å². The van der Waals surface area contributed by atoms with Gasteiger partial charge in [-0.1, -0.05) is 6.07 Å². The molecule has 1 aliphatic heterocycles. The van der Waals surface area contributed by atoms with Crippen molar-refractivity contribution < 1.29 is 8.81 Å². The molecule has 4 heterocycles. The Bertz CT molecular complexity index is 1110. The Labute approximate surface area is 154 Å². The number of aromatic nitrogens is 4. The Morgan fingerprint density at radius 1 is 1.07 bits per heavy atom. The molecule has 27 heavy (non-hydrogen) atoms. The quantitative estimate of drug-likeness (QED) is 0.600. The zero-order valence-electron chi connectivity index (χ0n) is 14.5. The minimum absolute atomic E-state index is 0.343. The second-order valence-corrected chi connectivity index (χ2v) is 6.52. The van der Waals surface area contributed by atoms with Crippen molar-refractivity contribution in [2.75, 3.05) is 23.7 Å². The smallest absolute Gasteiger partial charge is 0.228 e. The molecular formula is C19H17FN6O. The summed E-state index contributed by atoms with van der Waals surface area (Å²) in [6, 6.07) is 9.74. The van der Waals surface area contributed by atoms with E-state index in [1.807, 2.05) is 6.07 Å². The molecule has 0 atom stereocenters. The predicted molar refractivity (Wildman–Crippen MR) is 100 cm³/mol. The van der Waals surface area contributed by atoms with Crippen molar-refractivity contribution in [1.82, 2.24) is 19.7 Å². The lowest BCUT2D eigenvalue weighted by atomic mass is 10.2. The van der Waals surface area contributed by atoms with Crippen LogP contribution in [0.1, 0.15) is 12.8 Å². The highest BCUT2D eigenvalue weighted by molar-refractivity contribution is 5.98. The Morgan fingerprint density at radius 3 is 2.67 bits per heavy atom. The minimum Gasteiger partial charge on any atom is -0.463 e. The molecule has 3 aromatic heterocycles. The molecule has 0 bridgehead atoms. The van der Waals surface area contributed by atoms with E-state index in [2.05, 4.69) is 15.0 Å². The summed E-state index contributed by atoms with van der Waals surface area (Å²) in [5.41, 5.74) is 7.95. The second-order valence-electron chi connectivity index (χ2n) is 6.52. The van der Waals surface area contributed by atoms with Crippen LogP contribution in [0.15, 0.2) is 47.1 Å². The summed E-state index contributed by atoms with van der Waals surface area (Å²) in [5, 5.41) is 5.13. The Morgan fingerprint density at radius 2 is 1.93 bits per heavy atom. The first-order chi connectivity index (χ1) is 13.2. The topological polar surface area (TPSA) is 86.0 Å². The summed E-state index contributed by atoms with van der Waals surface area (Å²) < 4.78 is 20.7. The number of anilines is 2. The summed E-state index contributed by atoms with van der Waals surface area (Å²) in [6.45, 7) is 1.81. The van der Waals surface area contributed by atoms with Gasteiger partial charge in [-0.25, -0.2) is 14.1 Å². The normalized spacial score (nSPS) is 14.3. The van der Waals surface area contributed by atoms with Crippen LogP contribution in [0, 0.1) is 5.82 Å². The van der Waals surface area contributed by atoms with Gasteiger partial charge in [0.25, 0.3) is 0 Å². The number of nitrogens with zero attached hydrogens (tertiary/aromatic N) is 5. The van der Waals surface area contributed by atoms with Crippen LogP contribution in [-0.4, -0.2) is 32.8 Å². The number of hydrogen-bond acceptors (Lipinski definition) is 6. The summed E-state index contributed by atoms with van der Waals surface area (Å²) >= 11 is 0. The van der Waals surface area contributed by atoms with Crippen LogP contribution in [0.5, 0.6) is 0 Å². The fourth-order valence-corrected chi connectivity index (χ4v) is 3.45. The average molecular weight is 364 g/mol. The van der Waals surface area contributed by atoms with E-state index >= 15 is 0 Å². The monoisotopic (exact) mass is 364 g/mol. The minimum atomic E-state index is -0.360. The van der Waals surface area contributed by atoms with Gasteiger partial charge in [-0.05, 0) is 43.2 Å². The zero-order chi connectivity index (χ0) is 18.4. The number of rotatable bonds is 3. The summed E-state index contributed by atoms with van der Waals surface area (Å²) in [4.78, 5) is 11.5. The summed E-state index contributed by atoms with van der Waals surface area (Å²) in [5.74, 6) is 1.18. The average Bonchev–Trinajstić information content (AvgIpc) is 3.43. The molecule has 0 spiro atoms. The third kappa shape index (κ3) is 2.61. The van der Waals surface area contributed by atoms with Crippen LogP contribution in [0.2, 0.25) is 0 Å². The van der Waals surface area contributed by atoms with Crippen LogP contribution >= 0.6 is 0 Å². The third-order valence-corrected chi connectivity index (χ3v) is 4.75. The van der Waals surface area contributed by atoms with Crippen LogP contribution in [-0.2, 0) is 0 Å². The molecule has 0 unspecified atom stereocenters. The number of furan rings is 1. The summed E-state index contributed by atoms with van der Waals surface area (Å²) in [7, 11) is 0. The van der Waals surface area contributed by atoms with Gasteiger partial charge in [-0.2, -0.15) is 4.98 Å². The number of nitrogens with two attached hydrogens (primary N) is 1. The van der Waals surface area contributed by atoms with Crippen molar-refractivity contribution in [3.05, 3.63) is 48.5 Å². The Balaban J connectivity index is 1.76. The fraction of sp³-hybridized carbons (Fsp3) is 0.211. The molecule has 7 nitrogen and oxygen atoms in total. The van der Waals surface area contributed by atoms with Crippen molar-refractivity contribution in [2.24, 2.45) is 0 Å². The largest absolute Gasteiger partial charge is 0.463 e. The Hall–Kier alpha value is -3.42. The lowest BCUT2D eigenvalue weighted by Gasteiger charge is -2.15. The molecule has 1 aromatic carbocycles. The zero-order valence-corrected chi connectivity index (χ0v) is 14.5. The van der Waals surface area contributed by atoms with Gasteiger partial charge in [0, 0.05) is 13.1 Å². The lowest BCUT2D eigenvalue weighted by Crippen LogP contribution is -2.20. The van der Waals surface area contributed by atoms with Gasteiger partial charge >= 0.3 is 0 Å². The van der Waals surface area contributed by atoms with E-state index in [4.69, 9.17) is 15.1 Å². The molecule has 4 aromatic rings. The van der Waals surface area contributed by atoms with Gasteiger partial charge in [0.1, 0.15) is 17.3 Å². The Kier molecular flexibility index (Phi) is 3.56. The van der Waals surface area contributed by atoms with E-state index in [-0.39, 0.29) is 5.82 Å². The maximum Gasteiger partial charge on any atom is 0.228 e. The molecule has 0 amide bonds. The van der Waals surface area contributed by atoms with Crippen molar-refractivity contribution >= 4 is 22.8 Å². The van der Waals surface area contributed by atoms with Crippen LogP contribution in [0.25, 0.3) is 28.2 Å². The van der Waals surface area contributed by atoms with E-state index in [0.717, 1.165) is 25.9 Å². The molecule has 0 radical (unpaired) electrons. The van der Waals surface area contributed by atoms with E-state index < -0.39 is 0 Å². The molecule has 0 saturated carbocycles. The molecule has 8 heteroatoms. The molecule has 1 fully saturated rings. The van der Waals surface area contributed by atoms with E-state index in [1.165, 1.54) is 16.8 Å². The standard InChI is InChI=1S/C19H17FN6O/c20-12-5-3-6-13(11-12)26-17(21)15-16(14-7-4-10-27-14)22-19(23-18(15)24-26)25-8-1-2-9-25/h3-7,10-11H,1-2,8-9,21H2. The first-order valence-corrected chi connectivity index (χ1v) is 8.82. The number of benzene rings is 1. The van der Waals surface area contributed by atoms with E-state index in [1.54, 1.807) is 24.5 Å². The molecule has 136 valence electrons. The first-order valence-electron chi connectivity index (χ1n) is 8.82. The number of fused-ring (bicyclic) bond motifs is 1. The third-order valence-electron chi connectivity index (χ3n) is 4.75. The predicted octanol–water partition coefficient (Wildman–Crippen LogP) is 3.40. The number of halogens is 1. The van der Waals surface area contributed by atoms with E-state index in [0.29, 0.717) is 39.9 Å². The van der Waals surface area contributed by atoms with Crippen molar-refractivity contribution in [2.45, 2.75) is 12.8 Å². The van der Waals surface area contributed by atoms with E-state index in [9.17, 15) is 4.39 Å². The van der Waals surface area contributed by atoms with Crippen LogP contribution in [0.3, 0.4) is 0 Å². The van der Waals surface area contributed by atoms with Gasteiger partial charge in [0.2, 0.25) is 5.95 Å². The number of hydrogen-bond donors (Lipinski definition) is 1. The highest BCUT2D eigenvalue weighted by Crippen LogP contribution is 2.34. The van der Waals surface area contributed by atoms with Gasteiger partial charge in [0.15, 0.2) is 11.4 Å². The number of nitrogen functional groups attached to an aromatic ring is 1. The van der Waals surface area contributed by atoms with Crippen molar-refractivity contribution in [3.63, 3.8) is 0 Å². The first kappa shape index (κ1) is 15.8. The fourth-order valence-electron chi connectivity index (χ4n) is 3.45. The van der Waals surface area contributed by atoms with Crippen molar-refractivity contribution in [1.29, 1.82) is 0 Å². The highest BCUT2D eigenvalue weighted by Gasteiger charge is 2.23. The van der Waals surface area contributed by atoms with Crippen molar-refractivity contribution in [3.8, 4) is 17.1 Å². The van der Waals surface area contributed by atoms with Crippen LogP contribution < -0.4 is 10.6 Å². The molecule has 1 saturated heterocycles. The highest BCUT2D eigenvalue weighted by atomic mass is 19.1. The maximum absolute atomic E-state index is 13.7. The lowest BCUT2D eigenvalue weighted by molar-refractivity contribution is 0.580. The molecule has 0 aliphatic carbocycles. The molecule has 1 aliphatic rings. The molecule has 2 N–H and O–H groups in total. The molecule has 5 rings (SSSR count). The van der Waals surface area contributed by atoms with Gasteiger partial charge in [-0.15, -0.1) is 5.10 Å². The molecular weight excluding hydrogens is 347 g/mol. The second kappa shape index (κ2) is 6.08. The maximum atomic E-state index is 13.7.